The third-order valence-corrected chi connectivity index (χ3v) is 3.84. The van der Waals surface area contributed by atoms with E-state index in [1.807, 2.05) is 19.1 Å². The molecule has 0 spiro atoms. The highest BCUT2D eigenvalue weighted by molar-refractivity contribution is 5.43. The normalized spacial score (nSPS) is 10.5. The van der Waals surface area contributed by atoms with E-state index in [0.29, 0.717) is 24.6 Å². The molecule has 1 heterocycles. The van der Waals surface area contributed by atoms with Gasteiger partial charge in [0, 0.05) is 30.4 Å². The number of halogens is 1. The second-order valence-corrected chi connectivity index (χ2v) is 6.00. The van der Waals surface area contributed by atoms with Crippen LogP contribution in [0, 0.1) is 19.7 Å². The van der Waals surface area contributed by atoms with E-state index in [2.05, 4.69) is 51.8 Å². The summed E-state index contributed by atoms with van der Waals surface area (Å²) in [5.74, 6) is 0.985. The van der Waals surface area contributed by atoms with Gasteiger partial charge in [-0.3, -0.25) is 0 Å². The molecular formula is C20H21FN4. The van der Waals surface area contributed by atoms with Crippen LogP contribution in [0.2, 0.25) is 0 Å². The van der Waals surface area contributed by atoms with Crippen LogP contribution < -0.4 is 10.6 Å². The lowest BCUT2D eigenvalue weighted by molar-refractivity contribution is 0.612. The topological polar surface area (TPSA) is 49.8 Å². The molecule has 0 aliphatic rings. The van der Waals surface area contributed by atoms with Gasteiger partial charge in [-0.15, -0.1) is 0 Å². The molecule has 0 radical (unpaired) electrons. The maximum atomic E-state index is 13.7. The van der Waals surface area contributed by atoms with Gasteiger partial charge in [0.05, 0.1) is 0 Å². The van der Waals surface area contributed by atoms with E-state index in [-0.39, 0.29) is 5.82 Å². The summed E-state index contributed by atoms with van der Waals surface area (Å²) in [6, 6.07) is 16.9. The molecule has 3 rings (SSSR count). The summed E-state index contributed by atoms with van der Waals surface area (Å²) >= 11 is 0. The minimum absolute atomic E-state index is 0.236. The number of rotatable bonds is 6. The van der Waals surface area contributed by atoms with E-state index in [9.17, 15) is 4.39 Å². The van der Waals surface area contributed by atoms with Crippen LogP contribution in [-0.4, -0.2) is 9.97 Å². The second-order valence-electron chi connectivity index (χ2n) is 6.00. The Morgan fingerprint density at radius 1 is 0.880 bits per heavy atom. The number of benzene rings is 2. The molecule has 0 atom stereocenters. The molecular weight excluding hydrogens is 315 g/mol. The molecule has 2 N–H and O–H groups in total. The summed E-state index contributed by atoms with van der Waals surface area (Å²) in [5.41, 5.74) is 3.85. The fourth-order valence-electron chi connectivity index (χ4n) is 2.45. The Labute approximate surface area is 147 Å². The fraction of sp³-hybridized carbons (Fsp3) is 0.200. The van der Waals surface area contributed by atoms with E-state index >= 15 is 0 Å². The molecule has 0 saturated heterocycles. The Balaban J connectivity index is 1.65. The molecule has 0 fully saturated rings. The van der Waals surface area contributed by atoms with E-state index in [0.717, 1.165) is 11.5 Å². The van der Waals surface area contributed by atoms with Gasteiger partial charge < -0.3 is 10.6 Å². The highest BCUT2D eigenvalue weighted by atomic mass is 19.1. The summed E-state index contributed by atoms with van der Waals surface area (Å²) < 4.78 is 13.7. The molecule has 128 valence electrons. The summed E-state index contributed by atoms with van der Waals surface area (Å²) in [6.45, 7) is 5.00. The molecule has 0 bridgehead atoms. The van der Waals surface area contributed by atoms with E-state index in [4.69, 9.17) is 0 Å². The van der Waals surface area contributed by atoms with Crippen molar-refractivity contribution in [3.05, 3.63) is 82.8 Å². The molecule has 0 aliphatic heterocycles. The predicted molar refractivity (Wildman–Crippen MR) is 99.0 cm³/mol. The molecule has 0 unspecified atom stereocenters. The molecule has 4 nitrogen and oxygen atoms in total. The average Bonchev–Trinajstić information content (AvgIpc) is 2.60. The van der Waals surface area contributed by atoms with Gasteiger partial charge in [-0.05, 0) is 25.5 Å². The van der Waals surface area contributed by atoms with Crippen molar-refractivity contribution in [3.63, 3.8) is 0 Å². The number of nitrogens with zero attached hydrogens (tertiary/aromatic N) is 2. The van der Waals surface area contributed by atoms with Crippen molar-refractivity contribution in [2.75, 3.05) is 10.6 Å². The summed E-state index contributed by atoms with van der Waals surface area (Å²) in [5, 5.41) is 6.39. The van der Waals surface area contributed by atoms with Crippen LogP contribution in [0.1, 0.15) is 22.4 Å². The molecule has 5 heteroatoms. The standard InChI is InChI=1S/C20H21FN4/c1-14-7-9-16(10-8-14)12-22-19-11-15(2)24-20(25-19)23-13-17-5-3-4-6-18(17)21/h3-11H,12-13H2,1-2H3,(H2,22,23,24,25). The first-order chi connectivity index (χ1) is 12.1. The zero-order valence-electron chi connectivity index (χ0n) is 14.4. The van der Waals surface area contributed by atoms with Crippen molar-refractivity contribution in [1.29, 1.82) is 0 Å². The molecule has 3 aromatic rings. The Morgan fingerprint density at radius 2 is 1.64 bits per heavy atom. The van der Waals surface area contributed by atoms with Crippen LogP contribution in [0.4, 0.5) is 16.2 Å². The maximum absolute atomic E-state index is 13.7. The van der Waals surface area contributed by atoms with Crippen LogP contribution in [-0.2, 0) is 13.1 Å². The van der Waals surface area contributed by atoms with Crippen molar-refractivity contribution in [2.45, 2.75) is 26.9 Å². The van der Waals surface area contributed by atoms with E-state index < -0.39 is 0 Å². The minimum Gasteiger partial charge on any atom is -0.366 e. The maximum Gasteiger partial charge on any atom is 0.225 e. The molecule has 0 amide bonds. The Morgan fingerprint density at radius 3 is 2.40 bits per heavy atom. The first kappa shape index (κ1) is 16.9. The Bertz CT molecular complexity index is 847. The third-order valence-electron chi connectivity index (χ3n) is 3.84. The van der Waals surface area contributed by atoms with Gasteiger partial charge in [0.15, 0.2) is 0 Å². The third kappa shape index (κ3) is 4.76. The number of aryl methyl sites for hydroxylation is 2. The van der Waals surface area contributed by atoms with Gasteiger partial charge in [-0.2, -0.15) is 4.98 Å². The molecule has 0 aliphatic carbocycles. The zero-order valence-corrected chi connectivity index (χ0v) is 14.4. The Hall–Kier alpha value is -2.95. The average molecular weight is 336 g/mol. The largest absolute Gasteiger partial charge is 0.366 e. The van der Waals surface area contributed by atoms with Crippen LogP contribution in [0.15, 0.2) is 54.6 Å². The lowest BCUT2D eigenvalue weighted by Crippen LogP contribution is -2.08. The SMILES string of the molecule is Cc1ccc(CNc2cc(C)nc(NCc3ccccc3F)n2)cc1. The van der Waals surface area contributed by atoms with Crippen LogP contribution in [0.5, 0.6) is 0 Å². The van der Waals surface area contributed by atoms with Crippen molar-refractivity contribution >= 4 is 11.8 Å². The van der Waals surface area contributed by atoms with E-state index in [1.165, 1.54) is 17.2 Å². The molecule has 25 heavy (non-hydrogen) atoms. The van der Waals surface area contributed by atoms with Gasteiger partial charge in [0.1, 0.15) is 11.6 Å². The highest BCUT2D eigenvalue weighted by Gasteiger charge is 2.05. The molecule has 2 aromatic carbocycles. The van der Waals surface area contributed by atoms with Gasteiger partial charge in [0.25, 0.3) is 0 Å². The first-order valence-electron chi connectivity index (χ1n) is 8.22. The van der Waals surface area contributed by atoms with Crippen molar-refractivity contribution in [1.82, 2.24) is 9.97 Å². The van der Waals surface area contributed by atoms with Crippen molar-refractivity contribution in [3.8, 4) is 0 Å². The predicted octanol–water partition coefficient (Wildman–Crippen LogP) is 4.46. The molecule has 1 aromatic heterocycles. The lowest BCUT2D eigenvalue weighted by Gasteiger charge is -2.10. The lowest BCUT2D eigenvalue weighted by atomic mass is 10.1. The quantitative estimate of drug-likeness (QED) is 0.698. The molecule has 0 saturated carbocycles. The van der Waals surface area contributed by atoms with Crippen molar-refractivity contribution < 1.29 is 4.39 Å². The zero-order chi connectivity index (χ0) is 17.6. The fourth-order valence-corrected chi connectivity index (χ4v) is 2.45. The summed E-state index contributed by atoms with van der Waals surface area (Å²) in [4.78, 5) is 8.82. The number of hydrogen-bond donors (Lipinski definition) is 2. The van der Waals surface area contributed by atoms with Crippen molar-refractivity contribution in [2.24, 2.45) is 0 Å². The van der Waals surface area contributed by atoms with Gasteiger partial charge in [-0.25, -0.2) is 9.37 Å². The van der Waals surface area contributed by atoms with Crippen LogP contribution in [0.25, 0.3) is 0 Å². The number of hydrogen-bond acceptors (Lipinski definition) is 4. The monoisotopic (exact) mass is 336 g/mol. The summed E-state index contributed by atoms with van der Waals surface area (Å²) in [6.07, 6.45) is 0. The second kappa shape index (κ2) is 7.75. The van der Waals surface area contributed by atoms with Gasteiger partial charge in [0.2, 0.25) is 5.95 Å². The number of anilines is 2. The smallest absolute Gasteiger partial charge is 0.225 e. The number of nitrogens with one attached hydrogen (secondary N) is 2. The first-order valence-corrected chi connectivity index (χ1v) is 8.22. The van der Waals surface area contributed by atoms with Gasteiger partial charge >= 0.3 is 0 Å². The minimum atomic E-state index is -0.236. The summed E-state index contributed by atoms with van der Waals surface area (Å²) in [7, 11) is 0. The highest BCUT2D eigenvalue weighted by Crippen LogP contribution is 2.14. The van der Waals surface area contributed by atoms with E-state index in [1.54, 1.807) is 12.1 Å². The Kier molecular flexibility index (Phi) is 5.23. The van der Waals surface area contributed by atoms with Crippen LogP contribution >= 0.6 is 0 Å². The number of aromatic nitrogens is 2. The van der Waals surface area contributed by atoms with Gasteiger partial charge in [-0.1, -0.05) is 48.0 Å². The van der Waals surface area contributed by atoms with Crippen LogP contribution in [0.3, 0.4) is 0 Å².